The molecule has 25 heavy (non-hydrogen) atoms. The van der Waals surface area contributed by atoms with Gasteiger partial charge in [-0.05, 0) is 41.5 Å². The maximum Gasteiger partial charge on any atom is 0.205 e. The van der Waals surface area contributed by atoms with Crippen LogP contribution in [0, 0.1) is 6.92 Å². The molecule has 0 saturated heterocycles. The van der Waals surface area contributed by atoms with E-state index < -0.39 is 0 Å². The summed E-state index contributed by atoms with van der Waals surface area (Å²) in [6.07, 6.45) is 1.97. The lowest BCUT2D eigenvalue weighted by atomic mass is 9.97. The van der Waals surface area contributed by atoms with E-state index in [1.165, 1.54) is 21.5 Å². The minimum atomic E-state index is 0.757. The van der Waals surface area contributed by atoms with E-state index in [0.717, 1.165) is 22.6 Å². The van der Waals surface area contributed by atoms with Gasteiger partial charge in [-0.2, -0.15) is 5.10 Å². The zero-order chi connectivity index (χ0) is 17.2. The molecule has 4 aromatic rings. The van der Waals surface area contributed by atoms with Crippen molar-refractivity contribution in [1.82, 2.24) is 4.68 Å². The Morgan fingerprint density at radius 3 is 2.28 bits per heavy atom. The molecule has 0 radical (unpaired) electrons. The number of benzene rings is 3. The maximum atomic E-state index is 4.76. The number of thiazole rings is 1. The van der Waals surface area contributed by atoms with Crippen LogP contribution in [-0.4, -0.2) is 17.4 Å². The Labute approximate surface area is 150 Å². The van der Waals surface area contributed by atoms with Crippen molar-refractivity contribution in [2.24, 2.45) is 10.1 Å². The number of rotatable bonds is 3. The Kier molecular flexibility index (Phi) is 4.20. The molecule has 4 heteroatoms. The smallest absolute Gasteiger partial charge is 0.205 e. The Hall–Kier alpha value is -2.72. The van der Waals surface area contributed by atoms with Gasteiger partial charge >= 0.3 is 0 Å². The molecule has 0 atom stereocenters. The zero-order valence-corrected chi connectivity index (χ0v) is 15.1. The van der Waals surface area contributed by atoms with Crippen LogP contribution in [0.1, 0.15) is 18.2 Å². The predicted molar refractivity (Wildman–Crippen MR) is 108 cm³/mol. The Balaban J connectivity index is 1.97. The number of aromatic nitrogens is 1. The van der Waals surface area contributed by atoms with Gasteiger partial charge in [-0.1, -0.05) is 48.5 Å². The number of fused-ring (bicyclic) bond motifs is 2. The molecule has 0 N–H and O–H groups in total. The van der Waals surface area contributed by atoms with Crippen LogP contribution >= 0.6 is 11.3 Å². The van der Waals surface area contributed by atoms with Crippen LogP contribution in [0.25, 0.3) is 21.5 Å². The summed E-state index contributed by atoms with van der Waals surface area (Å²) in [6, 6.07) is 19.2. The highest BCUT2D eigenvalue weighted by molar-refractivity contribution is 7.07. The fraction of sp³-hybridized carbons (Fsp3) is 0.143. The van der Waals surface area contributed by atoms with E-state index in [1.54, 1.807) is 11.3 Å². The number of nitrogens with zero attached hydrogens (tertiary/aromatic N) is 3. The highest BCUT2D eigenvalue weighted by Crippen LogP contribution is 2.27. The largest absolute Gasteiger partial charge is 0.258 e. The molecule has 0 aliphatic rings. The van der Waals surface area contributed by atoms with Gasteiger partial charge in [0.2, 0.25) is 4.80 Å². The minimum absolute atomic E-state index is 0.757. The first-order valence-electron chi connectivity index (χ1n) is 8.40. The van der Waals surface area contributed by atoms with E-state index in [9.17, 15) is 0 Å². The normalized spacial score (nSPS) is 12.6. The molecular weight excluding hydrogens is 326 g/mol. The Morgan fingerprint density at radius 1 is 1.00 bits per heavy atom. The molecule has 0 bridgehead atoms. The molecule has 0 aliphatic heterocycles. The molecule has 0 fully saturated rings. The van der Waals surface area contributed by atoms with E-state index in [0.29, 0.717) is 0 Å². The average molecular weight is 345 g/mol. The Morgan fingerprint density at radius 2 is 1.64 bits per heavy atom. The first-order valence-corrected chi connectivity index (χ1v) is 9.28. The number of hydrogen-bond acceptors (Lipinski definition) is 3. The van der Waals surface area contributed by atoms with E-state index in [2.05, 4.69) is 71.9 Å². The van der Waals surface area contributed by atoms with Crippen molar-refractivity contribution >= 4 is 39.1 Å². The van der Waals surface area contributed by atoms with Gasteiger partial charge in [0.1, 0.15) is 0 Å². The molecular formula is C21H19N3S. The maximum absolute atomic E-state index is 4.76. The second kappa shape index (κ2) is 6.65. The molecule has 0 spiro atoms. The van der Waals surface area contributed by atoms with Crippen LogP contribution in [0.5, 0.6) is 0 Å². The monoisotopic (exact) mass is 345 g/mol. The van der Waals surface area contributed by atoms with Crippen LogP contribution in [-0.2, 0) is 0 Å². The topological polar surface area (TPSA) is 29.6 Å². The molecule has 4 rings (SSSR count). The summed E-state index contributed by atoms with van der Waals surface area (Å²) in [6.45, 7) is 4.86. The highest BCUT2D eigenvalue weighted by atomic mass is 32.1. The van der Waals surface area contributed by atoms with E-state index in [1.807, 2.05) is 17.8 Å². The minimum Gasteiger partial charge on any atom is -0.258 e. The summed E-state index contributed by atoms with van der Waals surface area (Å²) < 4.78 is 1.92. The van der Waals surface area contributed by atoms with Crippen molar-refractivity contribution in [3.8, 4) is 0 Å². The number of hydrogen-bond donors (Lipinski definition) is 0. The molecule has 0 aliphatic carbocycles. The summed E-state index contributed by atoms with van der Waals surface area (Å²) in [5.74, 6) is 0. The van der Waals surface area contributed by atoms with Crippen LogP contribution in [0.3, 0.4) is 0 Å². The lowest BCUT2D eigenvalue weighted by molar-refractivity contribution is 0.794. The molecule has 0 saturated carbocycles. The molecule has 0 unspecified atom stereocenters. The van der Waals surface area contributed by atoms with Gasteiger partial charge in [-0.3, -0.25) is 4.99 Å². The van der Waals surface area contributed by atoms with Crippen LogP contribution in [0.4, 0.5) is 0 Å². The second-order valence-electron chi connectivity index (χ2n) is 5.92. The van der Waals surface area contributed by atoms with Crippen molar-refractivity contribution < 1.29 is 0 Å². The summed E-state index contributed by atoms with van der Waals surface area (Å²) in [7, 11) is 0. The van der Waals surface area contributed by atoms with Gasteiger partial charge in [0.25, 0.3) is 0 Å². The molecule has 124 valence electrons. The van der Waals surface area contributed by atoms with Gasteiger partial charge in [-0.15, -0.1) is 11.3 Å². The lowest BCUT2D eigenvalue weighted by Crippen LogP contribution is -2.12. The first-order chi connectivity index (χ1) is 12.3. The molecule has 0 amide bonds. The third kappa shape index (κ3) is 2.89. The van der Waals surface area contributed by atoms with Crippen molar-refractivity contribution in [2.45, 2.75) is 13.8 Å². The van der Waals surface area contributed by atoms with Gasteiger partial charge in [0, 0.05) is 17.5 Å². The fourth-order valence-electron chi connectivity index (χ4n) is 3.07. The quantitative estimate of drug-likeness (QED) is 0.371. The zero-order valence-electron chi connectivity index (χ0n) is 14.3. The van der Waals surface area contributed by atoms with Crippen molar-refractivity contribution in [2.75, 3.05) is 6.54 Å². The third-order valence-corrected chi connectivity index (χ3v) is 5.23. The highest BCUT2D eigenvalue weighted by Gasteiger charge is 2.06. The van der Waals surface area contributed by atoms with Crippen molar-refractivity contribution in [3.63, 3.8) is 0 Å². The van der Waals surface area contributed by atoms with Crippen molar-refractivity contribution in [1.29, 1.82) is 0 Å². The Bertz CT molecular complexity index is 1090. The predicted octanol–water partition coefficient (Wildman–Crippen LogP) is 4.97. The second-order valence-corrected chi connectivity index (χ2v) is 6.76. The molecule has 3 aromatic carbocycles. The summed E-state index contributed by atoms with van der Waals surface area (Å²) in [5.41, 5.74) is 2.24. The lowest BCUT2D eigenvalue weighted by Gasteiger charge is -2.08. The van der Waals surface area contributed by atoms with Crippen LogP contribution < -0.4 is 4.80 Å². The van der Waals surface area contributed by atoms with Crippen LogP contribution in [0.2, 0.25) is 0 Å². The number of aryl methyl sites for hydroxylation is 1. The van der Waals surface area contributed by atoms with E-state index >= 15 is 0 Å². The van der Waals surface area contributed by atoms with Crippen LogP contribution in [0.15, 0.2) is 70.1 Å². The SMILES string of the molecule is CCN=c1scc(C)n1N=Cc1c2ccccc2cc2ccccc12. The van der Waals surface area contributed by atoms with Gasteiger partial charge < -0.3 is 0 Å². The van der Waals surface area contributed by atoms with Gasteiger partial charge in [0.05, 0.1) is 11.9 Å². The molecule has 1 heterocycles. The van der Waals surface area contributed by atoms with E-state index in [-0.39, 0.29) is 0 Å². The van der Waals surface area contributed by atoms with Gasteiger partial charge in [0.15, 0.2) is 0 Å². The fourth-order valence-corrected chi connectivity index (χ4v) is 3.94. The van der Waals surface area contributed by atoms with Gasteiger partial charge in [-0.25, -0.2) is 4.68 Å². The van der Waals surface area contributed by atoms with Crippen molar-refractivity contribution in [3.05, 3.63) is 76.0 Å². The van der Waals surface area contributed by atoms with E-state index in [4.69, 9.17) is 5.10 Å². The third-order valence-electron chi connectivity index (χ3n) is 4.26. The summed E-state index contributed by atoms with van der Waals surface area (Å²) in [5, 5.41) is 11.7. The molecule has 3 nitrogen and oxygen atoms in total. The first kappa shape index (κ1) is 15.8. The standard InChI is InChI=1S/C21H19N3S/c1-3-22-21-24(15(2)14-25-21)23-13-20-18-10-6-4-8-16(18)12-17-9-5-7-11-19(17)20/h4-14H,3H2,1-2H3. The molecule has 1 aromatic heterocycles. The summed E-state index contributed by atoms with van der Waals surface area (Å²) >= 11 is 1.63. The summed E-state index contributed by atoms with van der Waals surface area (Å²) in [4.78, 5) is 5.46. The average Bonchev–Trinajstić information content (AvgIpc) is 2.99.